The van der Waals surface area contributed by atoms with E-state index in [1.54, 1.807) is 41.9 Å². The molecule has 0 aliphatic carbocycles. The number of halogens is 1. The first-order chi connectivity index (χ1) is 14.2. The normalized spacial score (nSPS) is 10.8. The molecule has 0 bridgehead atoms. The molecular formula is C21H18FN5OS. The van der Waals surface area contributed by atoms with E-state index in [0.29, 0.717) is 17.8 Å². The quantitative estimate of drug-likeness (QED) is 0.472. The van der Waals surface area contributed by atoms with Gasteiger partial charge < -0.3 is 5.32 Å². The van der Waals surface area contributed by atoms with Crippen molar-refractivity contribution in [3.63, 3.8) is 0 Å². The molecule has 1 aromatic carbocycles. The molecular weight excluding hydrogens is 389 g/mol. The van der Waals surface area contributed by atoms with Crippen molar-refractivity contribution >= 4 is 17.2 Å². The second kappa shape index (κ2) is 8.74. The largest absolute Gasteiger partial charge is 0.352 e. The highest BCUT2D eigenvalue weighted by Crippen LogP contribution is 2.21. The van der Waals surface area contributed by atoms with Crippen LogP contribution in [0.2, 0.25) is 0 Å². The number of pyridine rings is 1. The Morgan fingerprint density at radius 3 is 2.83 bits per heavy atom. The number of aromatic nitrogens is 4. The Hall–Kier alpha value is -3.39. The van der Waals surface area contributed by atoms with Crippen LogP contribution in [0.1, 0.15) is 21.8 Å². The van der Waals surface area contributed by atoms with Gasteiger partial charge in [0.2, 0.25) is 0 Å². The van der Waals surface area contributed by atoms with Gasteiger partial charge in [0.05, 0.1) is 22.5 Å². The summed E-state index contributed by atoms with van der Waals surface area (Å²) in [5, 5.41) is 10.0. The van der Waals surface area contributed by atoms with Crippen molar-refractivity contribution < 1.29 is 9.18 Å². The maximum atomic E-state index is 13.8. The van der Waals surface area contributed by atoms with Gasteiger partial charge in [-0.3, -0.25) is 9.78 Å². The van der Waals surface area contributed by atoms with Crippen LogP contribution in [0.3, 0.4) is 0 Å². The lowest BCUT2D eigenvalue weighted by atomic mass is 10.2. The van der Waals surface area contributed by atoms with E-state index in [1.165, 1.54) is 23.1 Å². The smallest absolute Gasteiger partial charge is 0.254 e. The van der Waals surface area contributed by atoms with E-state index >= 15 is 0 Å². The SMILES string of the molecule is O=C(NCCCc1nc(-c2ccncc2)cs1)c1cnn(-c2ccccc2F)c1. The molecule has 0 aliphatic heterocycles. The molecule has 6 nitrogen and oxygen atoms in total. The summed E-state index contributed by atoms with van der Waals surface area (Å²) in [7, 11) is 0. The predicted molar refractivity (Wildman–Crippen MR) is 110 cm³/mol. The predicted octanol–water partition coefficient (Wildman–Crippen LogP) is 3.89. The number of carbonyl (C=O) groups excluding carboxylic acids is 1. The number of hydrogen-bond donors (Lipinski definition) is 1. The number of amides is 1. The summed E-state index contributed by atoms with van der Waals surface area (Å²) >= 11 is 1.61. The lowest BCUT2D eigenvalue weighted by molar-refractivity contribution is 0.0953. The molecule has 8 heteroatoms. The van der Waals surface area contributed by atoms with Gasteiger partial charge in [0.15, 0.2) is 0 Å². The van der Waals surface area contributed by atoms with Crippen molar-refractivity contribution in [2.24, 2.45) is 0 Å². The van der Waals surface area contributed by atoms with Crippen LogP contribution < -0.4 is 5.32 Å². The first-order valence-electron chi connectivity index (χ1n) is 9.13. The number of benzene rings is 1. The lowest BCUT2D eigenvalue weighted by Gasteiger charge is -2.03. The second-order valence-electron chi connectivity index (χ2n) is 6.35. The molecule has 0 aliphatic rings. The molecule has 0 saturated heterocycles. The number of rotatable bonds is 7. The Kier molecular flexibility index (Phi) is 5.71. The number of carbonyl (C=O) groups is 1. The standard InChI is InChI=1S/C21H18FN5OS/c22-17-4-1-2-5-19(17)27-13-16(12-25-27)21(28)24-9-3-6-20-26-18(14-29-20)15-7-10-23-11-8-15/h1-2,4-5,7-8,10-14H,3,6,9H2,(H,24,28). The molecule has 0 atom stereocenters. The molecule has 4 rings (SSSR count). The molecule has 0 radical (unpaired) electrons. The average molecular weight is 407 g/mol. The van der Waals surface area contributed by atoms with Gasteiger partial charge in [-0.1, -0.05) is 12.1 Å². The molecule has 1 N–H and O–H groups in total. The number of thiazole rings is 1. The highest BCUT2D eigenvalue weighted by Gasteiger charge is 2.11. The fraction of sp³-hybridized carbons (Fsp3) is 0.143. The van der Waals surface area contributed by atoms with Gasteiger partial charge in [-0.25, -0.2) is 14.1 Å². The molecule has 3 heterocycles. The van der Waals surface area contributed by atoms with E-state index in [-0.39, 0.29) is 5.91 Å². The van der Waals surface area contributed by atoms with Crippen molar-refractivity contribution in [1.29, 1.82) is 0 Å². The lowest BCUT2D eigenvalue weighted by Crippen LogP contribution is -2.24. The van der Waals surface area contributed by atoms with Gasteiger partial charge in [0, 0.05) is 42.5 Å². The molecule has 0 saturated carbocycles. The third-order valence-electron chi connectivity index (χ3n) is 4.32. The zero-order valence-corrected chi connectivity index (χ0v) is 16.3. The van der Waals surface area contributed by atoms with Crippen LogP contribution in [-0.4, -0.2) is 32.2 Å². The highest BCUT2D eigenvalue weighted by atomic mass is 32.1. The highest BCUT2D eigenvalue weighted by molar-refractivity contribution is 7.09. The molecule has 1 amide bonds. The number of aryl methyl sites for hydroxylation is 1. The maximum Gasteiger partial charge on any atom is 0.254 e. The summed E-state index contributed by atoms with van der Waals surface area (Å²) in [4.78, 5) is 20.9. The van der Waals surface area contributed by atoms with Crippen LogP contribution in [-0.2, 0) is 6.42 Å². The van der Waals surface area contributed by atoms with Crippen molar-refractivity contribution in [3.8, 4) is 16.9 Å². The summed E-state index contributed by atoms with van der Waals surface area (Å²) in [6, 6.07) is 10.2. The second-order valence-corrected chi connectivity index (χ2v) is 7.29. The number of nitrogens with one attached hydrogen (secondary N) is 1. The summed E-state index contributed by atoms with van der Waals surface area (Å²) in [5.41, 5.74) is 2.68. The van der Waals surface area contributed by atoms with Crippen LogP contribution in [0.5, 0.6) is 0 Å². The topological polar surface area (TPSA) is 72.7 Å². The maximum absolute atomic E-state index is 13.8. The Labute approximate surface area is 171 Å². The van der Waals surface area contributed by atoms with E-state index in [4.69, 9.17) is 0 Å². The van der Waals surface area contributed by atoms with Crippen LogP contribution in [0, 0.1) is 5.82 Å². The first kappa shape index (κ1) is 18.9. The minimum Gasteiger partial charge on any atom is -0.352 e. The fourth-order valence-electron chi connectivity index (χ4n) is 2.83. The molecule has 3 aromatic heterocycles. The van der Waals surface area contributed by atoms with E-state index in [1.807, 2.05) is 17.5 Å². The van der Waals surface area contributed by atoms with Crippen LogP contribution in [0.15, 0.2) is 66.6 Å². The molecule has 0 spiro atoms. The van der Waals surface area contributed by atoms with Crippen molar-refractivity contribution in [3.05, 3.63) is 83.0 Å². The van der Waals surface area contributed by atoms with E-state index in [2.05, 4.69) is 20.4 Å². The molecule has 0 fully saturated rings. The third-order valence-corrected chi connectivity index (χ3v) is 5.23. The van der Waals surface area contributed by atoms with Gasteiger partial charge >= 0.3 is 0 Å². The first-order valence-corrected chi connectivity index (χ1v) is 10.0. The van der Waals surface area contributed by atoms with Crippen molar-refractivity contribution in [1.82, 2.24) is 25.1 Å². The minimum absolute atomic E-state index is 0.232. The zero-order valence-electron chi connectivity index (χ0n) is 15.5. The van der Waals surface area contributed by atoms with Gasteiger partial charge in [0.1, 0.15) is 11.5 Å². The van der Waals surface area contributed by atoms with Crippen LogP contribution in [0.4, 0.5) is 4.39 Å². The number of nitrogens with zero attached hydrogens (tertiary/aromatic N) is 4. The van der Waals surface area contributed by atoms with Crippen molar-refractivity contribution in [2.45, 2.75) is 12.8 Å². The Morgan fingerprint density at radius 2 is 2.00 bits per heavy atom. The molecule has 4 aromatic rings. The molecule has 146 valence electrons. The average Bonchev–Trinajstić information content (AvgIpc) is 3.42. The summed E-state index contributed by atoms with van der Waals surface area (Å²) in [6.45, 7) is 0.522. The summed E-state index contributed by atoms with van der Waals surface area (Å²) in [5.74, 6) is -0.624. The van der Waals surface area contributed by atoms with E-state index in [9.17, 15) is 9.18 Å². The third kappa shape index (κ3) is 4.55. The minimum atomic E-state index is -0.392. The Morgan fingerprint density at radius 1 is 1.17 bits per heavy atom. The van der Waals surface area contributed by atoms with E-state index in [0.717, 1.165) is 29.1 Å². The van der Waals surface area contributed by atoms with Crippen molar-refractivity contribution in [2.75, 3.05) is 6.54 Å². The van der Waals surface area contributed by atoms with Gasteiger partial charge in [-0.15, -0.1) is 11.3 Å². The monoisotopic (exact) mass is 407 g/mol. The van der Waals surface area contributed by atoms with Gasteiger partial charge in [-0.05, 0) is 30.7 Å². The van der Waals surface area contributed by atoms with Gasteiger partial charge in [-0.2, -0.15) is 5.10 Å². The molecule has 29 heavy (non-hydrogen) atoms. The Bertz CT molecular complexity index is 1110. The molecule has 0 unspecified atom stereocenters. The van der Waals surface area contributed by atoms with Gasteiger partial charge in [0.25, 0.3) is 5.91 Å². The van der Waals surface area contributed by atoms with Crippen LogP contribution >= 0.6 is 11.3 Å². The fourth-order valence-corrected chi connectivity index (χ4v) is 3.68. The Balaban J connectivity index is 1.28. The number of para-hydroxylation sites is 1. The summed E-state index contributed by atoms with van der Waals surface area (Å²) in [6.07, 6.45) is 8.01. The van der Waals surface area contributed by atoms with E-state index < -0.39 is 5.82 Å². The summed E-state index contributed by atoms with van der Waals surface area (Å²) < 4.78 is 15.2. The number of hydrogen-bond acceptors (Lipinski definition) is 5. The zero-order chi connectivity index (χ0) is 20.1. The van der Waals surface area contributed by atoms with Crippen LogP contribution in [0.25, 0.3) is 16.9 Å².